The van der Waals surface area contributed by atoms with Crippen LogP contribution in [0.5, 0.6) is 0 Å². The quantitative estimate of drug-likeness (QED) is 0.304. The Morgan fingerprint density at radius 2 is 1.40 bits per heavy atom. The van der Waals surface area contributed by atoms with E-state index in [0.717, 1.165) is 30.4 Å². The highest BCUT2D eigenvalue weighted by molar-refractivity contribution is 6.04. The molecule has 3 aliphatic carbocycles. The second-order valence-electron chi connectivity index (χ2n) is 14.4. The van der Waals surface area contributed by atoms with Crippen molar-refractivity contribution in [3.05, 3.63) is 131 Å². The van der Waals surface area contributed by atoms with E-state index >= 15 is 0 Å². The third kappa shape index (κ3) is 3.60. The highest BCUT2D eigenvalue weighted by Crippen LogP contribution is 2.70. The third-order valence-corrected chi connectivity index (χ3v) is 11.5. The average Bonchev–Trinajstić information content (AvgIpc) is 2.90. The van der Waals surface area contributed by atoms with E-state index in [9.17, 15) is 0 Å². The second-order valence-corrected chi connectivity index (χ2v) is 14.4. The minimum absolute atomic E-state index is 0.0142. The summed E-state index contributed by atoms with van der Waals surface area (Å²) in [6.07, 6.45) is 3.18. The van der Waals surface area contributed by atoms with Crippen molar-refractivity contribution in [1.29, 1.82) is 0 Å². The first-order valence-electron chi connectivity index (χ1n) is 15.4. The SMILES string of the molecule is C=C(C)C1=C(C)C[C@@]2(C)C[C@@]3(C)Cc4c(-c5ccc(C(=C)C)c6ccccc56)ccc(C)c4C(=C)C3=C(C)[C@@]2(C)C1=C. The lowest BCUT2D eigenvalue weighted by Gasteiger charge is -2.62. The summed E-state index contributed by atoms with van der Waals surface area (Å²) < 4.78 is 0. The zero-order valence-corrected chi connectivity index (χ0v) is 27.1. The standard InChI is InChI=1S/C42H46/c1-24(2)31-19-20-34(33-16-14-13-15-32(31)33)35-18-17-26(5)38-28(7)39-30(9)42(12)29(8)37(25(3)4)27(6)21-41(42,11)23-40(39,10)22-36(35)38/h13-20H,1,3,7-8,21-23H2,2,4-6,9-12H3/t40-,41+,42-/m1/s1. The Labute approximate surface area is 254 Å². The molecule has 6 rings (SSSR count). The number of rotatable bonds is 3. The molecule has 0 nitrogen and oxygen atoms in total. The van der Waals surface area contributed by atoms with Crippen molar-refractivity contribution in [2.24, 2.45) is 16.2 Å². The second kappa shape index (κ2) is 9.18. The molecule has 3 aromatic rings. The molecule has 0 radical (unpaired) electrons. The summed E-state index contributed by atoms with van der Waals surface area (Å²) in [4.78, 5) is 0. The summed E-state index contributed by atoms with van der Waals surface area (Å²) in [6, 6.07) is 18.0. The Morgan fingerprint density at radius 3 is 2.05 bits per heavy atom. The minimum atomic E-state index is -0.143. The predicted molar refractivity (Wildman–Crippen MR) is 184 cm³/mol. The maximum absolute atomic E-state index is 4.89. The molecule has 214 valence electrons. The lowest BCUT2D eigenvalue weighted by molar-refractivity contribution is 0.0544. The first kappa shape index (κ1) is 28.5. The zero-order chi connectivity index (χ0) is 30.5. The van der Waals surface area contributed by atoms with Crippen molar-refractivity contribution in [2.45, 2.75) is 74.7 Å². The van der Waals surface area contributed by atoms with Crippen molar-refractivity contribution in [1.82, 2.24) is 0 Å². The number of aryl methyl sites for hydroxylation is 1. The Morgan fingerprint density at radius 1 is 0.762 bits per heavy atom. The van der Waals surface area contributed by atoms with Crippen LogP contribution in [0, 0.1) is 23.2 Å². The van der Waals surface area contributed by atoms with Gasteiger partial charge in [0.25, 0.3) is 0 Å². The fourth-order valence-corrected chi connectivity index (χ4v) is 9.70. The van der Waals surface area contributed by atoms with Crippen LogP contribution in [0.1, 0.15) is 83.6 Å². The fourth-order valence-electron chi connectivity index (χ4n) is 9.70. The van der Waals surface area contributed by atoms with E-state index in [-0.39, 0.29) is 16.2 Å². The van der Waals surface area contributed by atoms with Gasteiger partial charge in [-0.3, -0.25) is 0 Å². The smallest absolute Gasteiger partial charge is 0.0194 e. The van der Waals surface area contributed by atoms with Crippen LogP contribution in [0.2, 0.25) is 0 Å². The molecule has 0 unspecified atom stereocenters. The number of benzene rings is 3. The maximum Gasteiger partial charge on any atom is 0.0194 e. The number of hydrogen-bond donors (Lipinski definition) is 0. The molecular weight excluding hydrogens is 504 g/mol. The summed E-state index contributed by atoms with van der Waals surface area (Å²) in [5, 5.41) is 2.56. The van der Waals surface area contributed by atoms with E-state index in [0.29, 0.717) is 0 Å². The van der Waals surface area contributed by atoms with Crippen LogP contribution in [0.4, 0.5) is 0 Å². The van der Waals surface area contributed by atoms with Crippen LogP contribution in [0.15, 0.2) is 108 Å². The van der Waals surface area contributed by atoms with E-state index in [1.807, 2.05) is 0 Å². The van der Waals surface area contributed by atoms with Gasteiger partial charge in [0.2, 0.25) is 0 Å². The molecule has 0 N–H and O–H groups in total. The third-order valence-electron chi connectivity index (χ3n) is 11.5. The van der Waals surface area contributed by atoms with Gasteiger partial charge in [0.1, 0.15) is 0 Å². The monoisotopic (exact) mass is 550 g/mol. The van der Waals surface area contributed by atoms with Crippen LogP contribution in [-0.2, 0) is 6.42 Å². The Bertz CT molecular complexity index is 1850. The maximum atomic E-state index is 4.89. The fraction of sp³-hybridized carbons (Fsp3) is 0.333. The highest BCUT2D eigenvalue weighted by Gasteiger charge is 2.59. The first-order chi connectivity index (χ1) is 19.7. The number of allylic oxidation sites excluding steroid dienone is 8. The lowest BCUT2D eigenvalue weighted by atomic mass is 9.41. The van der Waals surface area contributed by atoms with Crippen molar-refractivity contribution in [2.75, 3.05) is 0 Å². The van der Waals surface area contributed by atoms with Gasteiger partial charge in [-0.25, -0.2) is 0 Å². The van der Waals surface area contributed by atoms with Crippen molar-refractivity contribution in [3.8, 4) is 11.1 Å². The molecule has 42 heavy (non-hydrogen) atoms. The van der Waals surface area contributed by atoms with Gasteiger partial charge >= 0.3 is 0 Å². The van der Waals surface area contributed by atoms with Gasteiger partial charge in [0, 0.05) is 5.41 Å². The molecule has 0 heterocycles. The normalized spacial score (nSPS) is 27.1. The largest absolute Gasteiger partial charge is 0.0955 e. The van der Waals surface area contributed by atoms with Gasteiger partial charge in [0.05, 0.1) is 0 Å². The van der Waals surface area contributed by atoms with E-state index in [4.69, 9.17) is 13.2 Å². The molecule has 0 saturated heterocycles. The van der Waals surface area contributed by atoms with Gasteiger partial charge in [-0.2, -0.15) is 0 Å². The van der Waals surface area contributed by atoms with E-state index in [2.05, 4.69) is 117 Å². The molecule has 0 heteroatoms. The average molecular weight is 551 g/mol. The number of fused-ring (bicyclic) bond motifs is 4. The molecule has 3 aromatic carbocycles. The molecule has 0 amide bonds. The topological polar surface area (TPSA) is 0 Å². The minimum Gasteiger partial charge on any atom is -0.0955 e. The highest BCUT2D eigenvalue weighted by atomic mass is 14.6. The van der Waals surface area contributed by atoms with Crippen LogP contribution in [-0.4, -0.2) is 0 Å². The van der Waals surface area contributed by atoms with Crippen LogP contribution >= 0.6 is 0 Å². The summed E-state index contributed by atoms with van der Waals surface area (Å²) in [6.45, 7) is 37.0. The summed E-state index contributed by atoms with van der Waals surface area (Å²) >= 11 is 0. The Balaban J connectivity index is 1.61. The van der Waals surface area contributed by atoms with Gasteiger partial charge in [-0.05, 0) is 131 Å². The molecule has 0 aliphatic heterocycles. The van der Waals surface area contributed by atoms with E-state index < -0.39 is 0 Å². The predicted octanol–water partition coefficient (Wildman–Crippen LogP) is 12.0. The summed E-state index contributed by atoms with van der Waals surface area (Å²) in [5.74, 6) is 0. The molecule has 3 atom stereocenters. The van der Waals surface area contributed by atoms with Crippen molar-refractivity contribution < 1.29 is 0 Å². The van der Waals surface area contributed by atoms with Gasteiger partial charge < -0.3 is 0 Å². The first-order valence-corrected chi connectivity index (χ1v) is 15.4. The lowest BCUT2D eigenvalue weighted by Crippen LogP contribution is -2.52. The van der Waals surface area contributed by atoms with E-state index in [1.165, 1.54) is 77.6 Å². The zero-order valence-electron chi connectivity index (χ0n) is 27.1. The summed E-state index contributed by atoms with van der Waals surface area (Å²) in [5.41, 5.74) is 18.2. The van der Waals surface area contributed by atoms with Crippen LogP contribution in [0.3, 0.4) is 0 Å². The molecular formula is C42H46. The molecule has 0 spiro atoms. The van der Waals surface area contributed by atoms with E-state index in [1.54, 1.807) is 0 Å². The van der Waals surface area contributed by atoms with Gasteiger partial charge in [0.15, 0.2) is 0 Å². The molecule has 0 fully saturated rings. The number of hydrogen-bond acceptors (Lipinski definition) is 0. The molecule has 0 saturated carbocycles. The van der Waals surface area contributed by atoms with Crippen LogP contribution in [0.25, 0.3) is 33.0 Å². The van der Waals surface area contributed by atoms with Crippen LogP contribution < -0.4 is 0 Å². The molecule has 0 bridgehead atoms. The summed E-state index contributed by atoms with van der Waals surface area (Å²) in [7, 11) is 0. The van der Waals surface area contributed by atoms with Crippen molar-refractivity contribution >= 4 is 21.9 Å². The molecule has 0 aromatic heterocycles. The Kier molecular flexibility index (Phi) is 6.22. The van der Waals surface area contributed by atoms with Crippen molar-refractivity contribution in [3.63, 3.8) is 0 Å². The molecule has 3 aliphatic rings. The van der Waals surface area contributed by atoms with Gasteiger partial charge in [-0.15, -0.1) is 0 Å². The van der Waals surface area contributed by atoms with Gasteiger partial charge in [-0.1, -0.05) is 118 Å². The Hall–Kier alpha value is -3.64.